The van der Waals surface area contributed by atoms with Crippen molar-refractivity contribution in [2.75, 3.05) is 32.8 Å². The first kappa shape index (κ1) is 18.4. The van der Waals surface area contributed by atoms with Crippen molar-refractivity contribution in [3.63, 3.8) is 0 Å². The number of amides is 1. The van der Waals surface area contributed by atoms with Gasteiger partial charge in [0.25, 0.3) is 5.91 Å². The molecule has 0 bridgehead atoms. The van der Waals surface area contributed by atoms with Crippen LogP contribution >= 0.6 is 11.3 Å². The van der Waals surface area contributed by atoms with E-state index in [1.807, 2.05) is 34.6 Å². The lowest BCUT2D eigenvalue weighted by Gasteiger charge is -2.37. The quantitative estimate of drug-likeness (QED) is 0.780. The Morgan fingerprint density at radius 3 is 2.93 bits per heavy atom. The molecule has 0 saturated carbocycles. The number of carbonyl (C=O) groups excluding carboxylic acids is 1. The zero-order valence-corrected chi connectivity index (χ0v) is 16.9. The maximum atomic E-state index is 13.1. The van der Waals surface area contributed by atoms with Gasteiger partial charge >= 0.3 is 0 Å². The molecule has 7 nitrogen and oxygen atoms in total. The fraction of sp³-hybridized carbons (Fsp3) is 0.429. The van der Waals surface area contributed by atoms with E-state index in [0.717, 1.165) is 48.0 Å². The molecule has 29 heavy (non-hydrogen) atoms. The maximum Gasteiger partial charge on any atom is 0.265 e. The lowest BCUT2D eigenvalue weighted by molar-refractivity contribution is 0.0652. The zero-order chi connectivity index (χ0) is 19.8. The zero-order valence-electron chi connectivity index (χ0n) is 16.1. The van der Waals surface area contributed by atoms with Gasteiger partial charge in [-0.3, -0.25) is 4.79 Å². The lowest BCUT2D eigenvalue weighted by Crippen LogP contribution is -2.51. The molecule has 2 N–H and O–H groups in total. The summed E-state index contributed by atoms with van der Waals surface area (Å²) in [6.45, 7) is 3.53. The van der Waals surface area contributed by atoms with Gasteiger partial charge in [-0.25, -0.2) is 4.99 Å². The standard InChI is InChI=1S/C21H24N4O3S/c26-15-4-1-3-14(13-15)18-16-6-7-25(20(27)17-5-2-12-29-17)19(16)23-21(22-18)24-8-10-28-11-9-24/h1-2,4-5,12-14,19,26H,3,6-11H2,(H,22,23). The van der Waals surface area contributed by atoms with E-state index in [1.54, 1.807) is 6.08 Å². The number of morpholine rings is 1. The Bertz CT molecular complexity index is 912. The smallest absolute Gasteiger partial charge is 0.265 e. The molecule has 152 valence electrons. The minimum absolute atomic E-state index is 0.0354. The number of allylic oxidation sites excluding steroid dienone is 3. The second-order valence-electron chi connectivity index (χ2n) is 7.55. The Kier molecular flexibility index (Phi) is 4.89. The molecule has 1 aliphatic carbocycles. The Morgan fingerprint density at radius 2 is 2.17 bits per heavy atom. The summed E-state index contributed by atoms with van der Waals surface area (Å²) >= 11 is 1.47. The number of fused-ring (bicyclic) bond motifs is 1. The summed E-state index contributed by atoms with van der Waals surface area (Å²) in [5, 5.41) is 15.5. The van der Waals surface area contributed by atoms with Gasteiger partial charge in [0, 0.05) is 31.2 Å². The van der Waals surface area contributed by atoms with E-state index >= 15 is 0 Å². The number of aliphatic imine (C=N–C) groups is 1. The molecule has 3 aliphatic heterocycles. The van der Waals surface area contributed by atoms with Crippen LogP contribution in [0.1, 0.15) is 22.5 Å². The fourth-order valence-electron chi connectivity index (χ4n) is 4.34. The number of hydrogen-bond acceptors (Lipinski definition) is 7. The molecule has 1 aromatic rings. The molecule has 2 fully saturated rings. The van der Waals surface area contributed by atoms with Crippen LogP contribution in [0.3, 0.4) is 0 Å². The number of nitrogens with zero attached hydrogens (tertiary/aromatic N) is 3. The van der Waals surface area contributed by atoms with E-state index < -0.39 is 0 Å². The predicted octanol–water partition coefficient (Wildman–Crippen LogP) is 2.48. The molecule has 2 atom stereocenters. The Balaban J connectivity index is 1.50. The number of guanidine groups is 1. The average Bonchev–Trinajstić information content (AvgIpc) is 3.43. The van der Waals surface area contributed by atoms with Gasteiger partial charge in [0.2, 0.25) is 5.96 Å². The summed E-state index contributed by atoms with van der Waals surface area (Å²) < 4.78 is 5.49. The summed E-state index contributed by atoms with van der Waals surface area (Å²) in [5.41, 5.74) is 2.22. The summed E-state index contributed by atoms with van der Waals surface area (Å²) in [4.78, 5) is 22.9. The number of aliphatic hydroxyl groups excluding tert-OH is 1. The van der Waals surface area contributed by atoms with Crippen LogP contribution < -0.4 is 5.32 Å². The fourth-order valence-corrected chi connectivity index (χ4v) is 5.02. The summed E-state index contributed by atoms with van der Waals surface area (Å²) in [6, 6.07) is 3.78. The molecule has 1 aromatic heterocycles. The molecule has 0 spiro atoms. The minimum Gasteiger partial charge on any atom is -0.508 e. The second-order valence-corrected chi connectivity index (χ2v) is 8.50. The third-order valence-electron chi connectivity index (χ3n) is 5.79. The Morgan fingerprint density at radius 1 is 1.31 bits per heavy atom. The van der Waals surface area contributed by atoms with Crippen molar-refractivity contribution in [1.29, 1.82) is 0 Å². The van der Waals surface area contributed by atoms with Crippen LogP contribution in [-0.2, 0) is 4.74 Å². The highest BCUT2D eigenvalue weighted by Gasteiger charge is 2.40. The van der Waals surface area contributed by atoms with Crippen molar-refractivity contribution in [2.45, 2.75) is 19.0 Å². The summed E-state index contributed by atoms with van der Waals surface area (Å²) in [7, 11) is 0. The lowest BCUT2D eigenvalue weighted by atomic mass is 9.91. The monoisotopic (exact) mass is 412 g/mol. The molecule has 0 radical (unpaired) electrons. The van der Waals surface area contributed by atoms with Crippen LogP contribution in [0.5, 0.6) is 0 Å². The van der Waals surface area contributed by atoms with Crippen molar-refractivity contribution in [3.05, 3.63) is 57.6 Å². The van der Waals surface area contributed by atoms with Crippen LogP contribution in [0.15, 0.2) is 57.8 Å². The number of likely N-dealkylation sites (tertiary alicyclic amines) is 1. The molecular weight excluding hydrogens is 388 g/mol. The van der Waals surface area contributed by atoms with Crippen LogP contribution in [0.25, 0.3) is 0 Å². The third-order valence-corrected chi connectivity index (χ3v) is 6.65. The van der Waals surface area contributed by atoms with Gasteiger partial charge in [0.05, 0.1) is 18.1 Å². The largest absolute Gasteiger partial charge is 0.508 e. The number of rotatable bonds is 2. The second kappa shape index (κ2) is 7.68. The van der Waals surface area contributed by atoms with Gasteiger partial charge in [-0.1, -0.05) is 12.1 Å². The summed E-state index contributed by atoms with van der Waals surface area (Å²) in [5.74, 6) is 1.17. The van der Waals surface area contributed by atoms with Crippen molar-refractivity contribution in [3.8, 4) is 0 Å². The van der Waals surface area contributed by atoms with Crippen molar-refractivity contribution in [2.24, 2.45) is 10.9 Å². The van der Waals surface area contributed by atoms with Gasteiger partial charge < -0.3 is 25.0 Å². The topological polar surface area (TPSA) is 77.4 Å². The van der Waals surface area contributed by atoms with E-state index in [2.05, 4.69) is 10.2 Å². The number of ether oxygens (including phenoxy) is 1. The molecule has 4 heterocycles. The van der Waals surface area contributed by atoms with Crippen LogP contribution in [0, 0.1) is 5.92 Å². The number of thiophene rings is 1. The normalized spacial score (nSPS) is 26.8. The minimum atomic E-state index is -0.292. The van der Waals surface area contributed by atoms with Crippen LogP contribution in [0.4, 0.5) is 0 Å². The van der Waals surface area contributed by atoms with Crippen molar-refractivity contribution < 1.29 is 14.6 Å². The predicted molar refractivity (Wildman–Crippen MR) is 112 cm³/mol. The van der Waals surface area contributed by atoms with Gasteiger partial charge in [-0.05, 0) is 42.0 Å². The molecule has 2 saturated heterocycles. The van der Waals surface area contributed by atoms with Gasteiger partial charge in [-0.2, -0.15) is 0 Å². The van der Waals surface area contributed by atoms with Gasteiger partial charge in [0.15, 0.2) is 6.17 Å². The highest BCUT2D eigenvalue weighted by atomic mass is 32.1. The van der Waals surface area contributed by atoms with Crippen LogP contribution in [0.2, 0.25) is 0 Å². The first-order chi connectivity index (χ1) is 14.2. The van der Waals surface area contributed by atoms with Gasteiger partial charge in [0.1, 0.15) is 5.76 Å². The number of aliphatic hydroxyl groups is 1. The van der Waals surface area contributed by atoms with Crippen LogP contribution in [-0.4, -0.2) is 65.8 Å². The first-order valence-electron chi connectivity index (χ1n) is 10.0. The van der Waals surface area contributed by atoms with Gasteiger partial charge in [-0.15, -0.1) is 11.3 Å². The molecule has 4 aliphatic rings. The maximum absolute atomic E-state index is 13.1. The average molecular weight is 413 g/mol. The van der Waals surface area contributed by atoms with Crippen molar-refractivity contribution >= 4 is 23.2 Å². The molecular formula is C21H24N4O3S. The number of hydrogen-bond donors (Lipinski definition) is 2. The first-order valence-corrected chi connectivity index (χ1v) is 10.9. The molecule has 5 rings (SSSR count). The van der Waals surface area contributed by atoms with E-state index in [-0.39, 0.29) is 23.8 Å². The summed E-state index contributed by atoms with van der Waals surface area (Å²) in [6.07, 6.45) is 6.93. The highest BCUT2D eigenvalue weighted by Crippen LogP contribution is 2.36. The number of carbonyl (C=O) groups is 1. The highest BCUT2D eigenvalue weighted by molar-refractivity contribution is 7.12. The van der Waals surface area contributed by atoms with E-state index in [0.29, 0.717) is 19.8 Å². The third kappa shape index (κ3) is 3.47. The Labute approximate surface area is 173 Å². The van der Waals surface area contributed by atoms with E-state index in [1.165, 1.54) is 11.3 Å². The number of nitrogens with one attached hydrogen (secondary N) is 1. The molecule has 0 aromatic carbocycles. The van der Waals surface area contributed by atoms with E-state index in [4.69, 9.17) is 9.73 Å². The van der Waals surface area contributed by atoms with E-state index in [9.17, 15) is 9.90 Å². The SMILES string of the molecule is O=C(c1cccs1)N1CCC2=C(C3C=C(O)C=CC3)NC(N3CCOCC3)=NC21. The Hall–Kier alpha value is -2.58. The molecule has 1 amide bonds. The van der Waals surface area contributed by atoms with Crippen molar-refractivity contribution in [1.82, 2.24) is 15.1 Å². The molecule has 8 heteroatoms. The molecule has 2 unspecified atom stereocenters.